The predicted molar refractivity (Wildman–Crippen MR) is 129 cm³/mol. The monoisotopic (exact) mass is 452 g/mol. The fraction of sp³-hybridized carbons (Fsp3) is 0.385. The molecule has 2 aromatic carbocycles. The second kappa shape index (κ2) is 9.08. The van der Waals surface area contributed by atoms with Crippen LogP contribution >= 0.6 is 11.6 Å². The highest BCUT2D eigenvalue weighted by Gasteiger charge is 2.25. The van der Waals surface area contributed by atoms with Gasteiger partial charge in [0.1, 0.15) is 5.58 Å². The lowest BCUT2D eigenvalue weighted by molar-refractivity contribution is 0.0910. The Morgan fingerprint density at radius 1 is 1.09 bits per heavy atom. The van der Waals surface area contributed by atoms with E-state index in [1.54, 1.807) is 18.2 Å². The van der Waals surface area contributed by atoms with Crippen molar-refractivity contribution >= 4 is 28.5 Å². The maximum Gasteiger partial charge on any atom is 0.287 e. The van der Waals surface area contributed by atoms with Crippen LogP contribution in [0.25, 0.3) is 11.0 Å². The van der Waals surface area contributed by atoms with Crippen molar-refractivity contribution in [3.8, 4) is 0 Å². The molecule has 4 rings (SSSR count). The van der Waals surface area contributed by atoms with Crippen molar-refractivity contribution in [1.82, 2.24) is 10.2 Å². The van der Waals surface area contributed by atoms with E-state index >= 15 is 0 Å². The summed E-state index contributed by atoms with van der Waals surface area (Å²) in [7, 11) is 0. The topological polar surface area (TPSA) is 62.6 Å². The summed E-state index contributed by atoms with van der Waals surface area (Å²) < 4.78 is 5.69. The average molecular weight is 453 g/mol. The van der Waals surface area contributed by atoms with E-state index in [0.29, 0.717) is 22.5 Å². The molecule has 1 N–H and O–H groups in total. The summed E-state index contributed by atoms with van der Waals surface area (Å²) in [4.78, 5) is 27.7. The smallest absolute Gasteiger partial charge is 0.287 e. The van der Waals surface area contributed by atoms with Gasteiger partial charge in [0.05, 0.1) is 11.4 Å². The zero-order chi connectivity index (χ0) is 22.9. The first-order chi connectivity index (χ1) is 15.2. The van der Waals surface area contributed by atoms with Crippen LogP contribution < -0.4 is 10.7 Å². The molecule has 1 aliphatic rings. The van der Waals surface area contributed by atoms with Crippen LogP contribution in [0.2, 0.25) is 5.02 Å². The van der Waals surface area contributed by atoms with E-state index in [9.17, 15) is 9.59 Å². The SMILES string of the molecule is CC(C)(C)c1ccc([C@H](CNC(=O)c2cc(=O)c3cc(Cl)ccc3o2)N2CCCC2)cc1. The van der Waals surface area contributed by atoms with Gasteiger partial charge in [0.15, 0.2) is 11.2 Å². The summed E-state index contributed by atoms with van der Waals surface area (Å²) in [5.41, 5.74) is 2.61. The van der Waals surface area contributed by atoms with E-state index in [1.165, 1.54) is 17.2 Å². The van der Waals surface area contributed by atoms with Crippen LogP contribution in [0.5, 0.6) is 0 Å². The summed E-state index contributed by atoms with van der Waals surface area (Å²) in [6, 6.07) is 14.8. The molecule has 0 bridgehead atoms. The van der Waals surface area contributed by atoms with Crippen LogP contribution in [-0.2, 0) is 5.41 Å². The molecule has 1 aliphatic heterocycles. The third kappa shape index (κ3) is 4.89. The van der Waals surface area contributed by atoms with Crippen LogP contribution in [0, 0.1) is 0 Å². The molecule has 0 aliphatic carbocycles. The molecular formula is C26H29ClN2O3. The normalized spacial score (nSPS) is 15.8. The van der Waals surface area contributed by atoms with Gasteiger partial charge >= 0.3 is 0 Å². The number of amides is 1. The molecule has 0 radical (unpaired) electrons. The van der Waals surface area contributed by atoms with Gasteiger partial charge in [0.2, 0.25) is 0 Å². The first-order valence-electron chi connectivity index (χ1n) is 11.1. The molecular weight excluding hydrogens is 424 g/mol. The van der Waals surface area contributed by atoms with Crippen LogP contribution in [0.3, 0.4) is 0 Å². The number of nitrogens with one attached hydrogen (secondary N) is 1. The second-order valence-corrected chi connectivity index (χ2v) is 9.89. The second-order valence-electron chi connectivity index (χ2n) is 9.46. The van der Waals surface area contributed by atoms with E-state index < -0.39 is 5.91 Å². The van der Waals surface area contributed by atoms with E-state index in [1.807, 2.05) is 0 Å². The first kappa shape index (κ1) is 22.6. The Balaban J connectivity index is 1.54. The maximum atomic E-state index is 12.9. The van der Waals surface area contributed by atoms with Crippen molar-refractivity contribution in [2.75, 3.05) is 19.6 Å². The number of hydrogen-bond donors (Lipinski definition) is 1. The molecule has 32 heavy (non-hydrogen) atoms. The Kier molecular flexibility index (Phi) is 6.40. The van der Waals surface area contributed by atoms with Crippen LogP contribution in [0.4, 0.5) is 0 Å². The highest BCUT2D eigenvalue weighted by Crippen LogP contribution is 2.28. The van der Waals surface area contributed by atoms with Crippen LogP contribution in [-0.4, -0.2) is 30.4 Å². The number of carbonyl (C=O) groups is 1. The highest BCUT2D eigenvalue weighted by molar-refractivity contribution is 6.31. The molecule has 1 aromatic heterocycles. The van der Waals surface area contributed by atoms with Gasteiger partial charge in [-0.25, -0.2) is 0 Å². The largest absolute Gasteiger partial charge is 0.451 e. The van der Waals surface area contributed by atoms with Crippen LogP contribution in [0.15, 0.2) is 57.7 Å². The minimum absolute atomic E-state index is 0.00748. The van der Waals surface area contributed by atoms with Gasteiger partial charge in [-0.15, -0.1) is 0 Å². The third-order valence-electron chi connectivity index (χ3n) is 6.11. The number of likely N-dealkylation sites (tertiary alicyclic amines) is 1. The Hall–Kier alpha value is -2.63. The van der Waals surface area contributed by atoms with Gasteiger partial charge in [0.25, 0.3) is 5.91 Å². The Morgan fingerprint density at radius 3 is 2.44 bits per heavy atom. The molecule has 0 unspecified atom stereocenters. The number of hydrogen-bond acceptors (Lipinski definition) is 4. The van der Waals surface area contributed by atoms with Crippen molar-refractivity contribution in [3.63, 3.8) is 0 Å². The average Bonchev–Trinajstić information content (AvgIpc) is 3.28. The molecule has 1 amide bonds. The minimum Gasteiger partial charge on any atom is -0.451 e. The Bertz CT molecular complexity index is 1170. The number of carbonyl (C=O) groups excluding carboxylic acids is 1. The third-order valence-corrected chi connectivity index (χ3v) is 6.35. The zero-order valence-corrected chi connectivity index (χ0v) is 19.5. The number of nitrogens with zero attached hydrogens (tertiary/aromatic N) is 1. The van der Waals surface area contributed by atoms with Crippen LogP contribution in [0.1, 0.15) is 61.3 Å². The molecule has 3 aromatic rings. The van der Waals surface area contributed by atoms with Gasteiger partial charge in [-0.1, -0.05) is 56.6 Å². The summed E-state index contributed by atoms with van der Waals surface area (Å²) in [5, 5.41) is 3.80. The Labute approximate surface area is 193 Å². The van der Waals surface area contributed by atoms with Crippen molar-refractivity contribution in [1.29, 1.82) is 0 Å². The van der Waals surface area contributed by atoms with Crippen molar-refractivity contribution in [2.45, 2.75) is 45.1 Å². The number of fused-ring (bicyclic) bond motifs is 1. The molecule has 2 heterocycles. The number of halogens is 1. The van der Waals surface area contributed by atoms with Gasteiger partial charge in [0, 0.05) is 17.6 Å². The lowest BCUT2D eigenvalue weighted by Gasteiger charge is -2.29. The zero-order valence-electron chi connectivity index (χ0n) is 18.8. The van der Waals surface area contributed by atoms with Crippen molar-refractivity contribution in [3.05, 3.63) is 80.7 Å². The summed E-state index contributed by atoms with van der Waals surface area (Å²) >= 11 is 5.97. The summed E-state index contributed by atoms with van der Waals surface area (Å²) in [6.45, 7) is 9.05. The maximum absolute atomic E-state index is 12.9. The number of rotatable bonds is 5. The van der Waals surface area contributed by atoms with E-state index in [2.05, 4.69) is 55.3 Å². The highest BCUT2D eigenvalue weighted by atomic mass is 35.5. The van der Waals surface area contributed by atoms with Gasteiger partial charge in [-0.05, 0) is 60.7 Å². The quantitative estimate of drug-likeness (QED) is 0.569. The number of benzene rings is 2. The van der Waals surface area contributed by atoms with Gasteiger partial charge in [-0.3, -0.25) is 14.5 Å². The summed E-state index contributed by atoms with van der Waals surface area (Å²) in [6.07, 6.45) is 2.32. The molecule has 1 fully saturated rings. The van der Waals surface area contributed by atoms with Gasteiger partial charge < -0.3 is 9.73 Å². The molecule has 1 atom stereocenters. The predicted octanol–water partition coefficient (Wildman–Crippen LogP) is 5.31. The van der Waals surface area contributed by atoms with E-state index in [0.717, 1.165) is 25.9 Å². The molecule has 0 saturated carbocycles. The minimum atomic E-state index is -0.394. The lowest BCUT2D eigenvalue weighted by atomic mass is 9.86. The first-order valence-corrected chi connectivity index (χ1v) is 11.5. The molecule has 0 spiro atoms. The summed E-state index contributed by atoms with van der Waals surface area (Å²) in [5.74, 6) is -0.387. The van der Waals surface area contributed by atoms with E-state index in [-0.39, 0.29) is 22.6 Å². The fourth-order valence-electron chi connectivity index (χ4n) is 4.23. The standard InChI is InChI=1S/C26H29ClN2O3/c1-26(2,3)18-8-6-17(7-9-18)21(29-12-4-5-13-29)16-28-25(31)24-15-22(30)20-14-19(27)10-11-23(20)32-24/h6-11,14-15,21H,4-5,12-13,16H2,1-3H3,(H,28,31)/t21-/m0/s1. The molecule has 168 valence electrons. The van der Waals surface area contributed by atoms with Gasteiger partial charge in [-0.2, -0.15) is 0 Å². The molecule has 1 saturated heterocycles. The molecule has 5 nitrogen and oxygen atoms in total. The Morgan fingerprint density at radius 2 is 1.78 bits per heavy atom. The lowest BCUT2D eigenvalue weighted by Crippen LogP contribution is -2.37. The molecule has 6 heteroatoms. The van der Waals surface area contributed by atoms with Crippen molar-refractivity contribution in [2.24, 2.45) is 0 Å². The fourth-order valence-corrected chi connectivity index (χ4v) is 4.41. The van der Waals surface area contributed by atoms with E-state index in [4.69, 9.17) is 16.0 Å². The van der Waals surface area contributed by atoms with Crippen molar-refractivity contribution < 1.29 is 9.21 Å².